The van der Waals surface area contributed by atoms with Gasteiger partial charge in [0.25, 0.3) is 0 Å². The van der Waals surface area contributed by atoms with Gasteiger partial charge >= 0.3 is 6.72 Å². The molecule has 0 spiro atoms. The SMILES string of the molecule is [B][C@@H]1O[C@H](CO)[C@H](OP(O)(=S)OC[C@H]2OCC(O)[C@H]2O)C1C. The molecule has 0 aromatic rings. The molecule has 2 aliphatic heterocycles. The van der Waals surface area contributed by atoms with Gasteiger partial charge in [-0.1, -0.05) is 6.92 Å². The van der Waals surface area contributed by atoms with Gasteiger partial charge in [0, 0.05) is 11.9 Å². The fraction of sp³-hybridized carbons (Fsp3) is 1.00. The summed E-state index contributed by atoms with van der Waals surface area (Å²) < 4.78 is 21.0. The highest BCUT2D eigenvalue weighted by atomic mass is 32.5. The second kappa shape index (κ2) is 7.52. The third-order valence-corrected chi connectivity index (χ3v) is 5.39. The molecule has 2 radical (unpaired) electrons. The Bertz CT molecular complexity index is 429. The molecule has 126 valence electrons. The third-order valence-electron chi connectivity index (χ3n) is 3.83. The standard InChI is InChI=1S/C11H20BO8PS/c1-5-10(7(2-13)19-11(5)12)20-21(16,22)18-4-8-9(15)6(14)3-17-8/h5-11,13-15H,2-4H2,1H3,(H,16,22)/t5?,6?,7-,8-,9-,10-,11-,21?/m1/s1. The van der Waals surface area contributed by atoms with E-state index in [9.17, 15) is 20.2 Å². The summed E-state index contributed by atoms with van der Waals surface area (Å²) in [5.74, 6) is -0.287. The van der Waals surface area contributed by atoms with Crippen LogP contribution in [0.3, 0.4) is 0 Å². The van der Waals surface area contributed by atoms with Crippen molar-refractivity contribution in [1.82, 2.24) is 0 Å². The lowest BCUT2D eigenvalue weighted by molar-refractivity contribution is -0.0183. The molecule has 4 N–H and O–H groups in total. The zero-order valence-electron chi connectivity index (χ0n) is 12.0. The maximum absolute atomic E-state index is 10.1. The van der Waals surface area contributed by atoms with Gasteiger partial charge in [-0.05, 0) is 11.8 Å². The molecule has 0 aromatic heterocycles. The van der Waals surface area contributed by atoms with Crippen LogP contribution >= 0.6 is 6.72 Å². The van der Waals surface area contributed by atoms with Crippen molar-refractivity contribution < 1.29 is 38.7 Å². The van der Waals surface area contributed by atoms with Crippen LogP contribution in [-0.2, 0) is 30.3 Å². The van der Waals surface area contributed by atoms with Crippen molar-refractivity contribution in [2.75, 3.05) is 19.8 Å². The topological polar surface area (TPSA) is 118 Å². The van der Waals surface area contributed by atoms with E-state index in [0.717, 1.165) is 0 Å². The van der Waals surface area contributed by atoms with E-state index in [2.05, 4.69) is 0 Å². The summed E-state index contributed by atoms with van der Waals surface area (Å²) in [6.45, 7) is -2.45. The van der Waals surface area contributed by atoms with Crippen LogP contribution in [0.15, 0.2) is 0 Å². The first kappa shape index (κ1) is 18.7. The molecular weight excluding hydrogens is 334 g/mol. The number of aliphatic hydroxyl groups is 3. The summed E-state index contributed by atoms with van der Waals surface area (Å²) in [4.78, 5) is 10.1. The van der Waals surface area contributed by atoms with Crippen molar-refractivity contribution >= 4 is 26.4 Å². The minimum atomic E-state index is -3.64. The molecule has 0 bridgehead atoms. The first-order chi connectivity index (χ1) is 10.2. The van der Waals surface area contributed by atoms with E-state index >= 15 is 0 Å². The van der Waals surface area contributed by atoms with Gasteiger partial charge in [0.05, 0.1) is 25.9 Å². The van der Waals surface area contributed by atoms with E-state index < -0.39 is 43.2 Å². The van der Waals surface area contributed by atoms with Gasteiger partial charge in [0.15, 0.2) is 0 Å². The molecule has 22 heavy (non-hydrogen) atoms. The van der Waals surface area contributed by atoms with E-state index in [1.165, 1.54) is 0 Å². The highest BCUT2D eigenvalue weighted by molar-refractivity contribution is 8.07. The Kier molecular flexibility index (Phi) is 6.40. The zero-order valence-corrected chi connectivity index (χ0v) is 13.7. The van der Waals surface area contributed by atoms with Crippen LogP contribution in [0, 0.1) is 5.92 Å². The lowest BCUT2D eigenvalue weighted by Gasteiger charge is -2.26. The van der Waals surface area contributed by atoms with Gasteiger partial charge in [0.2, 0.25) is 0 Å². The molecule has 2 rings (SSSR count). The normalized spacial score (nSPS) is 45.0. The molecule has 0 saturated carbocycles. The van der Waals surface area contributed by atoms with E-state index in [4.69, 9.17) is 38.2 Å². The third kappa shape index (κ3) is 4.27. The minimum Gasteiger partial charge on any atom is -0.394 e. The summed E-state index contributed by atoms with van der Waals surface area (Å²) in [7, 11) is 5.72. The van der Waals surface area contributed by atoms with E-state index in [-0.39, 0.29) is 25.7 Å². The summed E-state index contributed by atoms with van der Waals surface area (Å²) >= 11 is 4.92. The second-order valence-electron chi connectivity index (χ2n) is 5.44. The predicted octanol–water partition coefficient (Wildman–Crippen LogP) is -1.75. The molecule has 2 fully saturated rings. The quantitative estimate of drug-likeness (QED) is 0.325. The van der Waals surface area contributed by atoms with Gasteiger partial charge < -0.3 is 38.7 Å². The van der Waals surface area contributed by atoms with Gasteiger partial charge in [-0.15, -0.1) is 0 Å². The maximum atomic E-state index is 10.1. The molecule has 0 aliphatic carbocycles. The molecule has 2 heterocycles. The van der Waals surface area contributed by atoms with Gasteiger partial charge in [0.1, 0.15) is 32.3 Å². The minimum absolute atomic E-state index is 0.0146. The fourth-order valence-corrected chi connectivity index (χ4v) is 3.92. The maximum Gasteiger partial charge on any atom is 0.324 e. The number of aliphatic hydroxyl groups excluding tert-OH is 3. The van der Waals surface area contributed by atoms with Crippen LogP contribution in [0.2, 0.25) is 0 Å². The molecule has 0 aromatic carbocycles. The van der Waals surface area contributed by atoms with Crippen LogP contribution in [0.1, 0.15) is 6.92 Å². The van der Waals surface area contributed by atoms with Crippen LogP contribution < -0.4 is 0 Å². The predicted molar refractivity (Wildman–Crippen MR) is 79.7 cm³/mol. The summed E-state index contributed by atoms with van der Waals surface area (Å²) in [5, 5.41) is 28.2. The lowest BCUT2D eigenvalue weighted by atomic mass is 9.86. The Hall–Kier alpha value is 0.395. The molecule has 3 unspecified atom stereocenters. The Morgan fingerprint density at radius 1 is 1.36 bits per heavy atom. The van der Waals surface area contributed by atoms with Crippen molar-refractivity contribution in [2.24, 2.45) is 5.92 Å². The molecular formula is C11H20BO8PS. The van der Waals surface area contributed by atoms with Crippen LogP contribution in [0.4, 0.5) is 0 Å². The smallest absolute Gasteiger partial charge is 0.324 e. The van der Waals surface area contributed by atoms with Gasteiger partial charge in [-0.25, -0.2) is 0 Å². The summed E-state index contributed by atoms with van der Waals surface area (Å²) in [5.41, 5.74) is 0. The first-order valence-corrected chi connectivity index (χ1v) is 9.49. The van der Waals surface area contributed by atoms with Crippen molar-refractivity contribution in [3.8, 4) is 0 Å². The van der Waals surface area contributed by atoms with Crippen molar-refractivity contribution in [1.29, 1.82) is 0 Å². The second-order valence-corrected chi connectivity index (χ2v) is 8.24. The van der Waals surface area contributed by atoms with Crippen LogP contribution in [0.5, 0.6) is 0 Å². The van der Waals surface area contributed by atoms with Gasteiger partial charge in [-0.2, -0.15) is 0 Å². The average Bonchev–Trinajstić information content (AvgIpc) is 2.91. The van der Waals surface area contributed by atoms with Gasteiger partial charge in [-0.3, -0.25) is 0 Å². The molecule has 0 amide bonds. The molecule has 8 atom stereocenters. The number of rotatable bonds is 6. The van der Waals surface area contributed by atoms with Crippen LogP contribution in [-0.4, -0.2) is 84.4 Å². The summed E-state index contributed by atoms with van der Waals surface area (Å²) in [6, 6.07) is -0.632. The largest absolute Gasteiger partial charge is 0.394 e. The Balaban J connectivity index is 1.89. The zero-order chi connectivity index (χ0) is 16.5. The highest BCUT2D eigenvalue weighted by Gasteiger charge is 2.43. The highest BCUT2D eigenvalue weighted by Crippen LogP contribution is 2.48. The Morgan fingerprint density at radius 2 is 2.05 bits per heavy atom. The average molecular weight is 354 g/mol. The summed E-state index contributed by atoms with van der Waals surface area (Å²) in [6.07, 6.45) is -4.29. The van der Waals surface area contributed by atoms with Crippen molar-refractivity contribution in [3.05, 3.63) is 0 Å². The lowest BCUT2D eigenvalue weighted by Crippen LogP contribution is -2.34. The van der Waals surface area contributed by atoms with E-state index in [1.54, 1.807) is 6.92 Å². The van der Waals surface area contributed by atoms with E-state index in [0.29, 0.717) is 0 Å². The molecule has 2 aliphatic rings. The molecule has 8 nitrogen and oxygen atoms in total. The first-order valence-electron chi connectivity index (χ1n) is 6.90. The van der Waals surface area contributed by atoms with Crippen molar-refractivity contribution in [2.45, 2.75) is 43.4 Å². The molecule has 11 heteroatoms. The number of hydrogen-bond donors (Lipinski definition) is 4. The van der Waals surface area contributed by atoms with Crippen molar-refractivity contribution in [3.63, 3.8) is 0 Å². The van der Waals surface area contributed by atoms with Crippen LogP contribution in [0.25, 0.3) is 0 Å². The fourth-order valence-electron chi connectivity index (χ4n) is 2.41. The monoisotopic (exact) mass is 354 g/mol. The Labute approximate surface area is 135 Å². The number of ether oxygens (including phenoxy) is 2. The number of hydrogen-bond acceptors (Lipinski definition) is 8. The van der Waals surface area contributed by atoms with E-state index in [1.807, 2.05) is 0 Å². The Morgan fingerprint density at radius 3 is 2.59 bits per heavy atom. The molecule has 2 saturated heterocycles.